The Bertz CT molecular complexity index is 1190. The molecular formula is C25H34N6O2. The lowest BCUT2D eigenvalue weighted by atomic mass is 10.0. The van der Waals surface area contributed by atoms with Gasteiger partial charge in [-0.2, -0.15) is 5.10 Å². The lowest BCUT2D eigenvalue weighted by Crippen LogP contribution is -2.46. The third kappa shape index (κ3) is 4.86. The van der Waals surface area contributed by atoms with Gasteiger partial charge in [-0.1, -0.05) is 18.2 Å². The molecule has 0 saturated carbocycles. The number of carbonyl (C=O) groups is 1. The second-order valence-corrected chi connectivity index (χ2v) is 8.99. The Morgan fingerprint density at radius 1 is 1.06 bits per heavy atom. The average Bonchev–Trinajstić information content (AvgIpc) is 3.17. The molecule has 1 saturated heterocycles. The van der Waals surface area contributed by atoms with Crippen molar-refractivity contribution in [2.24, 2.45) is 7.05 Å². The molecule has 0 spiro atoms. The van der Waals surface area contributed by atoms with Crippen molar-refractivity contribution in [1.29, 1.82) is 0 Å². The van der Waals surface area contributed by atoms with Crippen molar-refractivity contribution in [1.82, 2.24) is 29.5 Å². The third-order valence-corrected chi connectivity index (χ3v) is 6.69. The lowest BCUT2D eigenvalue weighted by Gasteiger charge is -2.32. The minimum Gasteiger partial charge on any atom is -0.355 e. The third-order valence-electron chi connectivity index (χ3n) is 6.69. The number of nitrogens with one attached hydrogen (secondary N) is 1. The summed E-state index contributed by atoms with van der Waals surface area (Å²) in [6.45, 7) is 9.65. The highest BCUT2D eigenvalue weighted by atomic mass is 16.1. The summed E-state index contributed by atoms with van der Waals surface area (Å²) < 4.78 is 3.49. The molecule has 3 aromatic rings. The summed E-state index contributed by atoms with van der Waals surface area (Å²) in [5, 5.41) is 8.72. The summed E-state index contributed by atoms with van der Waals surface area (Å²) in [7, 11) is 3.92. The van der Waals surface area contributed by atoms with Gasteiger partial charge in [0.1, 0.15) is 5.65 Å². The topological polar surface area (TPSA) is 75.4 Å². The van der Waals surface area contributed by atoms with Crippen LogP contribution in [0.15, 0.2) is 35.1 Å². The maximum Gasteiger partial charge on any atom is 0.255 e. The molecule has 1 N–H and O–H groups in total. The molecule has 1 fully saturated rings. The molecule has 8 heteroatoms. The molecule has 33 heavy (non-hydrogen) atoms. The minimum atomic E-state index is -0.0673. The maximum atomic E-state index is 13.2. The zero-order valence-corrected chi connectivity index (χ0v) is 20.1. The first-order valence-corrected chi connectivity index (χ1v) is 11.7. The van der Waals surface area contributed by atoms with Crippen LogP contribution in [0.1, 0.15) is 23.2 Å². The Labute approximate surface area is 194 Å². The molecule has 0 unspecified atom stereocenters. The van der Waals surface area contributed by atoms with Crippen molar-refractivity contribution in [3.63, 3.8) is 0 Å². The van der Waals surface area contributed by atoms with Crippen LogP contribution in [0.4, 0.5) is 0 Å². The van der Waals surface area contributed by atoms with E-state index in [0.717, 1.165) is 60.7 Å². The van der Waals surface area contributed by atoms with E-state index in [9.17, 15) is 9.59 Å². The van der Waals surface area contributed by atoms with E-state index in [0.29, 0.717) is 24.9 Å². The van der Waals surface area contributed by atoms with Gasteiger partial charge in [0.05, 0.1) is 11.4 Å². The predicted octanol–water partition coefficient (Wildman–Crippen LogP) is 1.64. The monoisotopic (exact) mass is 450 g/mol. The SMILES string of the molecule is Cc1nn(-c2ccccc2)c2c1c(C)c(CCC(=O)NCCN1CCN(C)CC1)c(=O)n2C. The number of hydrogen-bond acceptors (Lipinski definition) is 5. The highest BCUT2D eigenvalue weighted by Crippen LogP contribution is 2.25. The predicted molar refractivity (Wildman–Crippen MR) is 131 cm³/mol. The summed E-state index contributed by atoms with van der Waals surface area (Å²) in [5.74, 6) is -0.0117. The fourth-order valence-corrected chi connectivity index (χ4v) is 4.67. The number of nitrogens with zero attached hydrogens (tertiary/aromatic N) is 5. The van der Waals surface area contributed by atoms with Gasteiger partial charge >= 0.3 is 0 Å². The molecule has 0 radical (unpaired) electrons. The van der Waals surface area contributed by atoms with Gasteiger partial charge in [0.15, 0.2) is 0 Å². The van der Waals surface area contributed by atoms with Gasteiger partial charge < -0.3 is 10.2 Å². The summed E-state index contributed by atoms with van der Waals surface area (Å²) in [6, 6.07) is 9.83. The number of aryl methyl sites for hydroxylation is 3. The summed E-state index contributed by atoms with van der Waals surface area (Å²) in [4.78, 5) is 30.4. The van der Waals surface area contributed by atoms with Crippen molar-refractivity contribution in [2.45, 2.75) is 26.7 Å². The molecule has 4 rings (SSSR count). The van der Waals surface area contributed by atoms with Gasteiger partial charge in [-0.3, -0.25) is 19.1 Å². The van der Waals surface area contributed by atoms with Crippen molar-refractivity contribution in [2.75, 3.05) is 46.3 Å². The van der Waals surface area contributed by atoms with Crippen LogP contribution < -0.4 is 10.9 Å². The molecule has 3 heterocycles. The summed E-state index contributed by atoms with van der Waals surface area (Å²) in [5.41, 5.74) is 4.11. The first-order valence-electron chi connectivity index (χ1n) is 11.7. The number of pyridine rings is 1. The Kier molecular flexibility index (Phi) is 6.95. The van der Waals surface area contributed by atoms with Crippen LogP contribution >= 0.6 is 0 Å². The zero-order valence-electron chi connectivity index (χ0n) is 20.1. The van der Waals surface area contributed by atoms with E-state index < -0.39 is 0 Å². The van der Waals surface area contributed by atoms with Gasteiger partial charge in [-0.15, -0.1) is 0 Å². The standard InChI is InChI=1S/C25H34N6O2/c1-18-21(10-11-22(32)26-12-13-30-16-14-28(3)15-17-30)25(33)29(4)24-23(18)19(2)27-31(24)20-8-6-5-7-9-20/h5-9H,10-17H2,1-4H3,(H,26,32). The second-order valence-electron chi connectivity index (χ2n) is 8.99. The van der Waals surface area contributed by atoms with Crippen LogP contribution in [0.2, 0.25) is 0 Å². The number of likely N-dealkylation sites (N-methyl/N-ethyl adjacent to an activating group) is 1. The van der Waals surface area contributed by atoms with E-state index in [1.165, 1.54) is 0 Å². The van der Waals surface area contributed by atoms with E-state index in [1.54, 1.807) is 11.6 Å². The number of carbonyl (C=O) groups excluding carboxylic acids is 1. The minimum absolute atomic E-state index is 0.0117. The van der Waals surface area contributed by atoms with E-state index in [4.69, 9.17) is 5.10 Å². The quantitative estimate of drug-likeness (QED) is 0.592. The Morgan fingerprint density at radius 3 is 2.45 bits per heavy atom. The van der Waals surface area contributed by atoms with Gasteiger partial charge in [-0.05, 0) is 45.0 Å². The fourth-order valence-electron chi connectivity index (χ4n) is 4.67. The van der Waals surface area contributed by atoms with Gasteiger partial charge in [0, 0.05) is 63.7 Å². The first kappa shape index (κ1) is 23.2. The number of amides is 1. The van der Waals surface area contributed by atoms with Crippen molar-refractivity contribution in [3.05, 3.63) is 57.5 Å². The van der Waals surface area contributed by atoms with E-state index in [1.807, 2.05) is 48.9 Å². The fraction of sp³-hybridized carbons (Fsp3) is 0.480. The second kappa shape index (κ2) is 9.89. The highest BCUT2D eigenvalue weighted by molar-refractivity contribution is 5.85. The smallest absolute Gasteiger partial charge is 0.255 e. The Hall–Kier alpha value is -2.97. The number of rotatable bonds is 7. The van der Waals surface area contributed by atoms with Crippen LogP contribution in [0.25, 0.3) is 16.7 Å². The van der Waals surface area contributed by atoms with Crippen molar-refractivity contribution >= 4 is 16.9 Å². The molecule has 2 aromatic heterocycles. The number of para-hydroxylation sites is 1. The first-order chi connectivity index (χ1) is 15.9. The molecule has 1 aliphatic heterocycles. The maximum absolute atomic E-state index is 13.2. The van der Waals surface area contributed by atoms with Crippen molar-refractivity contribution < 1.29 is 4.79 Å². The van der Waals surface area contributed by atoms with E-state index in [-0.39, 0.29) is 11.5 Å². The highest BCUT2D eigenvalue weighted by Gasteiger charge is 2.20. The van der Waals surface area contributed by atoms with Gasteiger partial charge in [0.25, 0.3) is 5.56 Å². The van der Waals surface area contributed by atoms with Crippen molar-refractivity contribution in [3.8, 4) is 5.69 Å². The zero-order chi connectivity index (χ0) is 23.5. The van der Waals surface area contributed by atoms with E-state index in [2.05, 4.69) is 22.2 Å². The number of fused-ring (bicyclic) bond motifs is 1. The normalized spacial score (nSPS) is 15.3. The number of piperazine rings is 1. The summed E-state index contributed by atoms with van der Waals surface area (Å²) in [6.07, 6.45) is 0.723. The number of benzene rings is 1. The Balaban J connectivity index is 1.47. The van der Waals surface area contributed by atoms with E-state index >= 15 is 0 Å². The van der Waals surface area contributed by atoms with Gasteiger partial charge in [0.2, 0.25) is 5.91 Å². The molecule has 0 bridgehead atoms. The molecule has 0 aliphatic carbocycles. The molecule has 1 aliphatic rings. The largest absolute Gasteiger partial charge is 0.355 e. The molecule has 176 valence electrons. The van der Waals surface area contributed by atoms with Crippen LogP contribution in [-0.2, 0) is 18.3 Å². The van der Waals surface area contributed by atoms with Crippen LogP contribution in [0.5, 0.6) is 0 Å². The molecule has 8 nitrogen and oxygen atoms in total. The number of hydrogen-bond donors (Lipinski definition) is 1. The number of aromatic nitrogens is 3. The molecule has 1 amide bonds. The van der Waals surface area contributed by atoms with Crippen LogP contribution in [0, 0.1) is 13.8 Å². The molecule has 1 aromatic carbocycles. The van der Waals surface area contributed by atoms with Gasteiger partial charge in [-0.25, -0.2) is 4.68 Å². The average molecular weight is 451 g/mol. The van der Waals surface area contributed by atoms with Crippen LogP contribution in [0.3, 0.4) is 0 Å². The molecular weight excluding hydrogens is 416 g/mol. The summed E-state index contributed by atoms with van der Waals surface area (Å²) >= 11 is 0. The molecule has 0 atom stereocenters. The van der Waals surface area contributed by atoms with Crippen LogP contribution in [-0.4, -0.2) is 76.4 Å². The lowest BCUT2D eigenvalue weighted by molar-refractivity contribution is -0.121. The Morgan fingerprint density at radius 2 is 1.76 bits per heavy atom.